The van der Waals surface area contributed by atoms with Gasteiger partial charge in [-0.05, 0) is 44.2 Å². The Morgan fingerprint density at radius 2 is 2.07 bits per heavy atom. The molecule has 0 aromatic carbocycles. The first-order valence-electron chi connectivity index (χ1n) is 5.67. The Balaban J connectivity index is 2.03. The highest BCUT2D eigenvalue weighted by molar-refractivity contribution is 7.99. The Morgan fingerprint density at radius 3 is 2.71 bits per heavy atom. The minimum Gasteiger partial charge on any atom is -0.381 e. The fraction of sp³-hybridized carbons (Fsp3) is 1.00. The number of hydrogen-bond donors (Lipinski definition) is 1. The van der Waals surface area contributed by atoms with E-state index in [1.807, 2.05) is 11.8 Å². The standard InChI is InChI=1S/C11H23NOS/c1-3-14-10-4-7-12-11(2)5-8-13-9-6-11/h12H,3-10H2,1-2H3. The van der Waals surface area contributed by atoms with Crippen molar-refractivity contribution in [3.63, 3.8) is 0 Å². The van der Waals surface area contributed by atoms with E-state index in [0.717, 1.165) is 32.6 Å². The van der Waals surface area contributed by atoms with E-state index in [0.29, 0.717) is 5.54 Å². The average Bonchev–Trinajstić information content (AvgIpc) is 2.18. The monoisotopic (exact) mass is 217 g/mol. The molecule has 0 aliphatic carbocycles. The van der Waals surface area contributed by atoms with Gasteiger partial charge < -0.3 is 10.1 Å². The molecular formula is C11H23NOS. The molecule has 1 aliphatic rings. The van der Waals surface area contributed by atoms with Gasteiger partial charge in [-0.25, -0.2) is 0 Å². The molecule has 0 amide bonds. The minimum absolute atomic E-state index is 0.342. The fourth-order valence-corrected chi connectivity index (χ4v) is 2.34. The Kier molecular flexibility index (Phi) is 5.90. The number of hydrogen-bond acceptors (Lipinski definition) is 3. The lowest BCUT2D eigenvalue weighted by atomic mass is 9.92. The van der Waals surface area contributed by atoms with Gasteiger partial charge in [0.05, 0.1) is 0 Å². The molecular weight excluding hydrogens is 194 g/mol. The van der Waals surface area contributed by atoms with Crippen LogP contribution in [0.3, 0.4) is 0 Å². The first-order chi connectivity index (χ1) is 6.77. The van der Waals surface area contributed by atoms with Crippen LogP contribution in [0.2, 0.25) is 0 Å². The third-order valence-corrected chi connectivity index (χ3v) is 3.80. The van der Waals surface area contributed by atoms with Crippen LogP contribution in [0.15, 0.2) is 0 Å². The van der Waals surface area contributed by atoms with Gasteiger partial charge in [-0.1, -0.05) is 6.92 Å². The van der Waals surface area contributed by atoms with E-state index < -0.39 is 0 Å². The van der Waals surface area contributed by atoms with Crippen molar-refractivity contribution in [3.8, 4) is 0 Å². The zero-order valence-electron chi connectivity index (χ0n) is 9.47. The molecule has 1 saturated heterocycles. The van der Waals surface area contributed by atoms with Gasteiger partial charge in [-0.3, -0.25) is 0 Å². The zero-order valence-corrected chi connectivity index (χ0v) is 10.3. The predicted octanol–water partition coefficient (Wildman–Crippen LogP) is 2.29. The van der Waals surface area contributed by atoms with Gasteiger partial charge in [0.1, 0.15) is 0 Å². The molecule has 0 aromatic heterocycles. The van der Waals surface area contributed by atoms with Crippen molar-refractivity contribution in [3.05, 3.63) is 0 Å². The number of nitrogens with one attached hydrogen (secondary N) is 1. The molecule has 1 aliphatic heterocycles. The van der Waals surface area contributed by atoms with Gasteiger partial charge >= 0.3 is 0 Å². The van der Waals surface area contributed by atoms with Gasteiger partial charge in [0.25, 0.3) is 0 Å². The molecule has 0 atom stereocenters. The highest BCUT2D eigenvalue weighted by Crippen LogP contribution is 2.19. The van der Waals surface area contributed by atoms with Crippen molar-refractivity contribution < 1.29 is 4.74 Å². The van der Waals surface area contributed by atoms with Crippen LogP contribution in [0, 0.1) is 0 Å². The van der Waals surface area contributed by atoms with Crippen LogP contribution in [0.25, 0.3) is 0 Å². The summed E-state index contributed by atoms with van der Waals surface area (Å²) in [6, 6.07) is 0. The van der Waals surface area contributed by atoms with E-state index in [2.05, 4.69) is 19.2 Å². The first-order valence-corrected chi connectivity index (χ1v) is 6.83. The van der Waals surface area contributed by atoms with Gasteiger partial charge in [0, 0.05) is 18.8 Å². The molecule has 0 saturated carbocycles. The lowest BCUT2D eigenvalue weighted by Crippen LogP contribution is -2.47. The molecule has 0 unspecified atom stereocenters. The normalized spacial score (nSPS) is 21.0. The van der Waals surface area contributed by atoms with Crippen LogP contribution in [-0.2, 0) is 4.74 Å². The SMILES string of the molecule is CCSCCCNC1(C)CCOCC1. The van der Waals surface area contributed by atoms with E-state index in [9.17, 15) is 0 Å². The summed E-state index contributed by atoms with van der Waals surface area (Å²) in [7, 11) is 0. The second kappa shape index (κ2) is 6.70. The quantitative estimate of drug-likeness (QED) is 0.690. The van der Waals surface area contributed by atoms with E-state index in [-0.39, 0.29) is 0 Å². The summed E-state index contributed by atoms with van der Waals surface area (Å²) in [6.45, 7) is 7.55. The molecule has 0 spiro atoms. The molecule has 1 N–H and O–H groups in total. The van der Waals surface area contributed by atoms with E-state index >= 15 is 0 Å². The molecule has 1 fully saturated rings. The molecule has 0 aromatic rings. The van der Waals surface area contributed by atoms with Gasteiger partial charge in [0.15, 0.2) is 0 Å². The fourth-order valence-electron chi connectivity index (χ4n) is 1.71. The maximum atomic E-state index is 5.37. The van der Waals surface area contributed by atoms with Crippen LogP contribution in [-0.4, -0.2) is 36.8 Å². The zero-order chi connectivity index (χ0) is 10.3. The summed E-state index contributed by atoms with van der Waals surface area (Å²) >= 11 is 2.03. The summed E-state index contributed by atoms with van der Waals surface area (Å²) < 4.78 is 5.37. The summed E-state index contributed by atoms with van der Waals surface area (Å²) in [4.78, 5) is 0. The molecule has 2 nitrogen and oxygen atoms in total. The Labute approximate surface area is 92.2 Å². The van der Waals surface area contributed by atoms with Gasteiger partial charge in [-0.2, -0.15) is 11.8 Å². The summed E-state index contributed by atoms with van der Waals surface area (Å²) in [5, 5.41) is 3.66. The maximum absolute atomic E-state index is 5.37. The van der Waals surface area contributed by atoms with Crippen LogP contribution >= 0.6 is 11.8 Å². The third kappa shape index (κ3) is 4.67. The van der Waals surface area contributed by atoms with Gasteiger partial charge in [0.2, 0.25) is 0 Å². The molecule has 3 heteroatoms. The highest BCUT2D eigenvalue weighted by atomic mass is 32.2. The van der Waals surface area contributed by atoms with Crippen molar-refractivity contribution >= 4 is 11.8 Å². The number of rotatable bonds is 6. The average molecular weight is 217 g/mol. The molecule has 84 valence electrons. The molecule has 0 radical (unpaired) electrons. The number of ether oxygens (including phenoxy) is 1. The summed E-state index contributed by atoms with van der Waals surface area (Å²) in [6.07, 6.45) is 3.61. The second-order valence-electron chi connectivity index (χ2n) is 4.15. The second-order valence-corrected chi connectivity index (χ2v) is 5.54. The molecule has 1 rings (SSSR count). The van der Waals surface area contributed by atoms with Crippen LogP contribution in [0.1, 0.15) is 33.1 Å². The van der Waals surface area contributed by atoms with E-state index in [4.69, 9.17) is 4.74 Å². The van der Waals surface area contributed by atoms with Crippen molar-refractivity contribution in [2.45, 2.75) is 38.6 Å². The maximum Gasteiger partial charge on any atom is 0.0483 e. The Bertz CT molecular complexity index is 146. The van der Waals surface area contributed by atoms with Gasteiger partial charge in [-0.15, -0.1) is 0 Å². The molecule has 0 bridgehead atoms. The summed E-state index contributed by atoms with van der Waals surface area (Å²) in [5.74, 6) is 2.53. The first kappa shape index (κ1) is 12.3. The van der Waals surface area contributed by atoms with Crippen LogP contribution in [0.5, 0.6) is 0 Å². The van der Waals surface area contributed by atoms with Crippen LogP contribution in [0.4, 0.5) is 0 Å². The minimum atomic E-state index is 0.342. The van der Waals surface area contributed by atoms with E-state index in [1.165, 1.54) is 17.9 Å². The Morgan fingerprint density at radius 1 is 1.36 bits per heavy atom. The van der Waals surface area contributed by atoms with Crippen molar-refractivity contribution in [1.82, 2.24) is 5.32 Å². The lowest BCUT2D eigenvalue weighted by Gasteiger charge is -2.34. The smallest absolute Gasteiger partial charge is 0.0483 e. The van der Waals surface area contributed by atoms with Crippen molar-refractivity contribution in [1.29, 1.82) is 0 Å². The predicted molar refractivity (Wildman–Crippen MR) is 64.1 cm³/mol. The highest BCUT2D eigenvalue weighted by Gasteiger charge is 2.25. The molecule has 14 heavy (non-hydrogen) atoms. The topological polar surface area (TPSA) is 21.3 Å². The van der Waals surface area contributed by atoms with Crippen molar-refractivity contribution in [2.75, 3.05) is 31.3 Å². The number of thioether (sulfide) groups is 1. The van der Waals surface area contributed by atoms with Crippen LogP contribution < -0.4 is 5.32 Å². The molecule has 1 heterocycles. The summed E-state index contributed by atoms with van der Waals surface area (Å²) in [5.41, 5.74) is 0.342. The Hall–Kier alpha value is 0.270. The lowest BCUT2D eigenvalue weighted by molar-refractivity contribution is 0.0455. The van der Waals surface area contributed by atoms with Crippen molar-refractivity contribution in [2.24, 2.45) is 0 Å². The largest absolute Gasteiger partial charge is 0.381 e. The third-order valence-electron chi connectivity index (χ3n) is 2.82. The van der Waals surface area contributed by atoms with E-state index in [1.54, 1.807) is 0 Å².